The lowest BCUT2D eigenvalue weighted by Gasteiger charge is -2.33. The van der Waals surface area contributed by atoms with E-state index >= 15 is 0 Å². The second kappa shape index (κ2) is 7.25. The molecule has 1 N–H and O–H groups in total. The summed E-state index contributed by atoms with van der Waals surface area (Å²) in [7, 11) is 0. The fourth-order valence-electron chi connectivity index (χ4n) is 2.78. The van der Waals surface area contributed by atoms with Crippen LogP contribution in [0.2, 0.25) is 0 Å². The Morgan fingerprint density at radius 2 is 1.64 bits per heavy atom. The van der Waals surface area contributed by atoms with Gasteiger partial charge in [0.1, 0.15) is 5.75 Å². The van der Waals surface area contributed by atoms with Crippen molar-refractivity contribution >= 4 is 6.08 Å². The van der Waals surface area contributed by atoms with Gasteiger partial charge in [-0.1, -0.05) is 60.7 Å². The fourth-order valence-corrected chi connectivity index (χ4v) is 2.78. The van der Waals surface area contributed by atoms with E-state index in [4.69, 9.17) is 4.74 Å². The number of hydrogen-bond acceptors (Lipinski definition) is 3. The van der Waals surface area contributed by atoms with E-state index < -0.39 is 0 Å². The normalized spacial score (nSPS) is 17.6. The topological polar surface area (TPSA) is 32.7 Å². The molecule has 0 radical (unpaired) electrons. The van der Waals surface area contributed by atoms with Gasteiger partial charge in [-0.05, 0) is 11.6 Å². The summed E-state index contributed by atoms with van der Waals surface area (Å²) < 4.78 is 5.45. The summed E-state index contributed by atoms with van der Waals surface area (Å²) in [6, 6.07) is 17.9. The molecule has 2 aromatic rings. The SMILES string of the molecule is Oc1ccccc1C(/C=C/c1ccccc1)N1CCOCC1. The third-order valence-corrected chi connectivity index (χ3v) is 3.97. The van der Waals surface area contributed by atoms with Crippen molar-refractivity contribution in [1.82, 2.24) is 4.90 Å². The summed E-state index contributed by atoms with van der Waals surface area (Å²) in [5, 5.41) is 10.2. The lowest BCUT2D eigenvalue weighted by molar-refractivity contribution is 0.0250. The Balaban J connectivity index is 1.89. The molecular weight excluding hydrogens is 274 g/mol. The van der Waals surface area contributed by atoms with Crippen molar-refractivity contribution in [3.05, 3.63) is 71.8 Å². The molecule has 0 saturated carbocycles. The summed E-state index contributed by atoms with van der Waals surface area (Å²) >= 11 is 0. The van der Waals surface area contributed by atoms with E-state index in [1.165, 1.54) is 0 Å². The van der Waals surface area contributed by atoms with Crippen LogP contribution in [0.4, 0.5) is 0 Å². The predicted molar refractivity (Wildman–Crippen MR) is 88.7 cm³/mol. The number of rotatable bonds is 4. The van der Waals surface area contributed by atoms with Crippen molar-refractivity contribution in [2.45, 2.75) is 6.04 Å². The highest BCUT2D eigenvalue weighted by molar-refractivity contribution is 5.51. The number of phenols is 1. The molecule has 1 saturated heterocycles. The first-order chi connectivity index (χ1) is 10.8. The average molecular weight is 295 g/mol. The van der Waals surface area contributed by atoms with Gasteiger partial charge in [0.05, 0.1) is 19.3 Å². The first-order valence-electron chi connectivity index (χ1n) is 7.67. The molecule has 1 aliphatic heterocycles. The summed E-state index contributed by atoms with van der Waals surface area (Å²) in [6.45, 7) is 3.23. The van der Waals surface area contributed by atoms with Gasteiger partial charge >= 0.3 is 0 Å². The summed E-state index contributed by atoms with van der Waals surface area (Å²) in [4.78, 5) is 2.35. The molecule has 1 aliphatic rings. The fraction of sp³-hybridized carbons (Fsp3) is 0.263. The molecule has 1 atom stereocenters. The minimum absolute atomic E-state index is 0.0605. The van der Waals surface area contributed by atoms with Crippen LogP contribution in [0.15, 0.2) is 60.7 Å². The minimum Gasteiger partial charge on any atom is -0.508 e. The maximum Gasteiger partial charge on any atom is 0.120 e. The molecule has 0 amide bonds. The molecule has 3 heteroatoms. The van der Waals surface area contributed by atoms with Gasteiger partial charge in [0.15, 0.2) is 0 Å². The molecule has 3 nitrogen and oxygen atoms in total. The molecular formula is C19H21NO2. The van der Waals surface area contributed by atoms with Crippen LogP contribution < -0.4 is 0 Å². The van der Waals surface area contributed by atoms with Crippen molar-refractivity contribution in [2.24, 2.45) is 0 Å². The van der Waals surface area contributed by atoms with E-state index in [-0.39, 0.29) is 6.04 Å². The minimum atomic E-state index is 0.0605. The van der Waals surface area contributed by atoms with Crippen LogP contribution in [0.1, 0.15) is 17.2 Å². The van der Waals surface area contributed by atoms with Crippen LogP contribution in [0.5, 0.6) is 5.75 Å². The zero-order valence-corrected chi connectivity index (χ0v) is 12.6. The van der Waals surface area contributed by atoms with Crippen molar-refractivity contribution < 1.29 is 9.84 Å². The first-order valence-corrected chi connectivity index (χ1v) is 7.67. The largest absolute Gasteiger partial charge is 0.508 e. The predicted octanol–water partition coefficient (Wildman–Crippen LogP) is 3.48. The molecule has 0 spiro atoms. The molecule has 1 heterocycles. The number of phenolic OH excluding ortho intramolecular Hbond substituents is 1. The monoisotopic (exact) mass is 295 g/mol. The zero-order chi connectivity index (χ0) is 15.2. The Morgan fingerprint density at radius 1 is 0.955 bits per heavy atom. The Labute approximate surface area is 131 Å². The molecule has 0 bridgehead atoms. The third-order valence-electron chi connectivity index (χ3n) is 3.97. The van der Waals surface area contributed by atoms with E-state index in [2.05, 4.69) is 29.2 Å². The van der Waals surface area contributed by atoms with Crippen LogP contribution >= 0.6 is 0 Å². The van der Waals surface area contributed by atoms with Crippen LogP contribution in [-0.4, -0.2) is 36.3 Å². The summed E-state index contributed by atoms with van der Waals surface area (Å²) in [6.07, 6.45) is 4.28. The smallest absolute Gasteiger partial charge is 0.120 e. The summed E-state index contributed by atoms with van der Waals surface area (Å²) in [5.74, 6) is 0.344. The quantitative estimate of drug-likeness (QED) is 0.937. The second-order valence-electron chi connectivity index (χ2n) is 5.42. The maximum atomic E-state index is 10.2. The van der Waals surface area contributed by atoms with E-state index in [0.29, 0.717) is 5.75 Å². The van der Waals surface area contributed by atoms with Crippen molar-refractivity contribution in [3.63, 3.8) is 0 Å². The summed E-state index contributed by atoms with van der Waals surface area (Å²) in [5.41, 5.74) is 2.10. The third kappa shape index (κ3) is 3.56. The number of ether oxygens (including phenoxy) is 1. The molecule has 0 aliphatic carbocycles. The van der Waals surface area contributed by atoms with Gasteiger partial charge in [0.25, 0.3) is 0 Å². The van der Waals surface area contributed by atoms with Gasteiger partial charge in [0, 0.05) is 18.7 Å². The van der Waals surface area contributed by atoms with Crippen molar-refractivity contribution in [1.29, 1.82) is 0 Å². The van der Waals surface area contributed by atoms with E-state index in [0.717, 1.165) is 37.4 Å². The standard InChI is InChI=1S/C19H21NO2/c21-19-9-5-4-8-17(19)18(20-12-14-22-15-13-20)11-10-16-6-2-1-3-7-16/h1-11,18,21H,12-15H2/b11-10+. The highest BCUT2D eigenvalue weighted by atomic mass is 16.5. The molecule has 2 aromatic carbocycles. The number of benzene rings is 2. The lowest BCUT2D eigenvalue weighted by Crippen LogP contribution is -2.38. The van der Waals surface area contributed by atoms with E-state index in [1.807, 2.05) is 36.4 Å². The van der Waals surface area contributed by atoms with Crippen LogP contribution in [0.25, 0.3) is 6.08 Å². The zero-order valence-electron chi connectivity index (χ0n) is 12.6. The van der Waals surface area contributed by atoms with Crippen molar-refractivity contribution in [2.75, 3.05) is 26.3 Å². The first kappa shape index (κ1) is 14.8. The number of hydrogen-bond donors (Lipinski definition) is 1. The molecule has 3 rings (SSSR count). The molecule has 1 unspecified atom stereocenters. The Kier molecular flexibility index (Phi) is 4.88. The number of para-hydroxylation sites is 1. The Hall–Kier alpha value is -2.10. The van der Waals surface area contributed by atoms with Crippen LogP contribution in [-0.2, 0) is 4.74 Å². The number of aromatic hydroxyl groups is 1. The number of nitrogens with zero attached hydrogens (tertiary/aromatic N) is 1. The van der Waals surface area contributed by atoms with Crippen LogP contribution in [0.3, 0.4) is 0 Å². The Bertz CT molecular complexity index is 618. The highest BCUT2D eigenvalue weighted by Crippen LogP contribution is 2.30. The maximum absolute atomic E-state index is 10.2. The van der Waals surface area contributed by atoms with Crippen molar-refractivity contribution in [3.8, 4) is 5.75 Å². The van der Waals surface area contributed by atoms with E-state index in [1.54, 1.807) is 6.07 Å². The lowest BCUT2D eigenvalue weighted by atomic mass is 10.0. The van der Waals surface area contributed by atoms with Gasteiger partial charge in [-0.2, -0.15) is 0 Å². The van der Waals surface area contributed by atoms with Crippen LogP contribution in [0, 0.1) is 0 Å². The molecule has 22 heavy (non-hydrogen) atoms. The van der Waals surface area contributed by atoms with Gasteiger partial charge < -0.3 is 9.84 Å². The molecule has 1 fully saturated rings. The number of morpholine rings is 1. The average Bonchev–Trinajstić information content (AvgIpc) is 2.58. The second-order valence-corrected chi connectivity index (χ2v) is 5.42. The van der Waals surface area contributed by atoms with Gasteiger partial charge in [0.2, 0.25) is 0 Å². The molecule has 0 aromatic heterocycles. The van der Waals surface area contributed by atoms with Gasteiger partial charge in [-0.3, -0.25) is 4.90 Å². The van der Waals surface area contributed by atoms with Gasteiger partial charge in [-0.25, -0.2) is 0 Å². The van der Waals surface area contributed by atoms with E-state index in [9.17, 15) is 5.11 Å². The Morgan fingerprint density at radius 3 is 2.36 bits per heavy atom. The van der Waals surface area contributed by atoms with Gasteiger partial charge in [-0.15, -0.1) is 0 Å². The molecule has 114 valence electrons. The highest BCUT2D eigenvalue weighted by Gasteiger charge is 2.22.